The van der Waals surface area contributed by atoms with Gasteiger partial charge in [0.05, 0.1) is 15.7 Å². The molecule has 3 aromatic rings. The van der Waals surface area contributed by atoms with Gasteiger partial charge in [0.15, 0.2) is 0 Å². The first-order chi connectivity index (χ1) is 15.6. The summed E-state index contributed by atoms with van der Waals surface area (Å²) in [4.78, 5) is 23.4. The second-order valence-corrected chi connectivity index (χ2v) is 9.33. The topological polar surface area (TPSA) is 94.1 Å². The minimum absolute atomic E-state index is 0.0451. The molecule has 33 heavy (non-hydrogen) atoms. The molecule has 0 bridgehead atoms. The van der Waals surface area contributed by atoms with E-state index < -0.39 is 23.7 Å². The molecule has 1 aliphatic carbocycles. The fraction of sp³-hybridized carbons (Fsp3) is 0.381. The van der Waals surface area contributed by atoms with Crippen LogP contribution in [0.25, 0.3) is 22.2 Å². The highest BCUT2D eigenvalue weighted by molar-refractivity contribution is 9.10. The molecule has 3 heterocycles. The number of nitrogens with zero attached hydrogens (tertiary/aromatic N) is 3. The van der Waals surface area contributed by atoms with E-state index in [2.05, 4.69) is 36.2 Å². The third kappa shape index (κ3) is 3.79. The summed E-state index contributed by atoms with van der Waals surface area (Å²) in [5.41, 5.74) is -0.874. The average Bonchev–Trinajstić information content (AvgIpc) is 3.08. The molecule has 2 aliphatic rings. The number of nitrogens with one attached hydrogen (secondary N) is 2. The molecule has 1 spiro atoms. The molecule has 12 heteroatoms. The van der Waals surface area contributed by atoms with Gasteiger partial charge in [-0.1, -0.05) is 0 Å². The summed E-state index contributed by atoms with van der Waals surface area (Å²) in [6.07, 6.45) is -1.89. The fourth-order valence-corrected chi connectivity index (χ4v) is 5.17. The number of benzene rings is 1. The number of H-pyrrole nitrogens is 1. The number of rotatable bonds is 4. The number of carboxylic acid groups (broad SMARTS) is 1. The molecule has 3 N–H and O–H groups in total. The van der Waals surface area contributed by atoms with Gasteiger partial charge < -0.3 is 20.3 Å². The Balaban J connectivity index is 1.42. The van der Waals surface area contributed by atoms with Gasteiger partial charge in [-0.15, -0.1) is 0 Å². The molecule has 1 saturated carbocycles. The van der Waals surface area contributed by atoms with Crippen LogP contribution in [0.1, 0.15) is 18.4 Å². The number of carbonyl (C=O) groups is 1. The number of halogens is 5. The Kier molecular flexibility index (Phi) is 5.03. The first-order valence-electron chi connectivity index (χ1n) is 10.2. The zero-order valence-electron chi connectivity index (χ0n) is 17.0. The third-order valence-electron chi connectivity index (χ3n) is 6.62. The van der Waals surface area contributed by atoms with Crippen molar-refractivity contribution in [1.82, 2.24) is 19.9 Å². The molecule has 1 amide bonds. The lowest BCUT2D eigenvalue weighted by atomic mass is 10.0. The molecule has 7 nitrogen and oxygen atoms in total. The van der Waals surface area contributed by atoms with E-state index in [-0.39, 0.29) is 33.0 Å². The lowest BCUT2D eigenvalue weighted by Gasteiger charge is -2.14. The van der Waals surface area contributed by atoms with Crippen LogP contribution in [-0.2, 0) is 6.18 Å². The Morgan fingerprint density at radius 3 is 2.88 bits per heavy atom. The minimum atomic E-state index is -4.68. The molecule has 0 radical (unpaired) electrons. The standard InChI is InChI=1S/C21H18BrF4N5O2/c22-15-14(23)2-1-11-12(7-27-17(11)15)16-13(21(24,25)26)8-29-18(30-16)28-6-10-5-20(10)3-4-31(9-20)19(32)33/h1-2,7-8,10,27H,3-6,9H2,(H,32,33)(H,28,29,30). The first-order valence-corrected chi connectivity index (χ1v) is 11.0. The molecule has 5 rings (SSSR count). The Labute approximate surface area is 193 Å². The van der Waals surface area contributed by atoms with Crippen molar-refractivity contribution in [1.29, 1.82) is 0 Å². The Morgan fingerprint density at radius 1 is 1.39 bits per heavy atom. The van der Waals surface area contributed by atoms with Crippen LogP contribution in [0.2, 0.25) is 0 Å². The number of aromatic amines is 1. The highest BCUT2D eigenvalue weighted by atomic mass is 79.9. The van der Waals surface area contributed by atoms with Crippen molar-refractivity contribution >= 4 is 38.9 Å². The Bertz CT molecular complexity index is 1260. The summed E-state index contributed by atoms with van der Waals surface area (Å²) in [6, 6.07) is 2.57. The van der Waals surface area contributed by atoms with E-state index in [0.29, 0.717) is 30.5 Å². The smallest absolute Gasteiger partial charge is 0.419 e. The monoisotopic (exact) mass is 527 g/mol. The summed E-state index contributed by atoms with van der Waals surface area (Å²) < 4.78 is 55.1. The van der Waals surface area contributed by atoms with Crippen LogP contribution in [0.4, 0.5) is 28.3 Å². The van der Waals surface area contributed by atoms with Crippen LogP contribution in [0.15, 0.2) is 29.0 Å². The normalized spacial score (nSPS) is 22.3. The molecular weight excluding hydrogens is 510 g/mol. The second-order valence-electron chi connectivity index (χ2n) is 8.54. The van der Waals surface area contributed by atoms with Crippen molar-refractivity contribution in [2.45, 2.75) is 19.0 Å². The van der Waals surface area contributed by atoms with Gasteiger partial charge in [-0.05, 0) is 52.2 Å². The number of anilines is 1. The number of aromatic nitrogens is 3. The van der Waals surface area contributed by atoms with E-state index in [4.69, 9.17) is 5.11 Å². The Morgan fingerprint density at radius 2 is 2.18 bits per heavy atom. The van der Waals surface area contributed by atoms with Crippen molar-refractivity contribution in [3.05, 3.63) is 40.4 Å². The van der Waals surface area contributed by atoms with E-state index >= 15 is 0 Å². The molecular formula is C21H18BrF4N5O2. The van der Waals surface area contributed by atoms with Crippen molar-refractivity contribution in [2.24, 2.45) is 11.3 Å². The summed E-state index contributed by atoms with van der Waals surface area (Å²) in [6.45, 7) is 1.39. The number of fused-ring (bicyclic) bond motifs is 1. The maximum atomic E-state index is 13.9. The average molecular weight is 528 g/mol. The highest BCUT2D eigenvalue weighted by Gasteiger charge is 2.57. The predicted molar refractivity (Wildman–Crippen MR) is 115 cm³/mol. The minimum Gasteiger partial charge on any atom is -0.465 e. The third-order valence-corrected chi connectivity index (χ3v) is 7.39. The van der Waals surface area contributed by atoms with E-state index in [1.807, 2.05) is 0 Å². The Hall–Kier alpha value is -2.89. The van der Waals surface area contributed by atoms with Gasteiger partial charge >= 0.3 is 12.3 Å². The maximum Gasteiger partial charge on any atom is 0.419 e. The molecule has 2 aromatic heterocycles. The summed E-state index contributed by atoms with van der Waals surface area (Å²) in [5, 5.41) is 12.6. The molecule has 1 aliphatic heterocycles. The van der Waals surface area contributed by atoms with Crippen LogP contribution < -0.4 is 5.32 Å². The van der Waals surface area contributed by atoms with Gasteiger partial charge in [-0.3, -0.25) is 0 Å². The van der Waals surface area contributed by atoms with Crippen LogP contribution in [0.5, 0.6) is 0 Å². The van der Waals surface area contributed by atoms with Crippen molar-refractivity contribution in [2.75, 3.05) is 25.0 Å². The maximum absolute atomic E-state index is 13.9. The number of hydrogen-bond acceptors (Lipinski definition) is 4. The SMILES string of the molecule is O=C(O)N1CCC2(CC2CNc2ncc(C(F)(F)F)c(-c3c[nH]c4c(Br)c(F)ccc34)n2)C1. The van der Waals surface area contributed by atoms with Gasteiger partial charge in [0.2, 0.25) is 5.95 Å². The van der Waals surface area contributed by atoms with Crippen molar-refractivity contribution in [3.63, 3.8) is 0 Å². The summed E-state index contributed by atoms with van der Waals surface area (Å²) >= 11 is 3.12. The van der Waals surface area contributed by atoms with Gasteiger partial charge in [0, 0.05) is 43.0 Å². The molecule has 174 valence electrons. The molecule has 1 saturated heterocycles. The highest BCUT2D eigenvalue weighted by Crippen LogP contribution is 2.58. The molecule has 2 unspecified atom stereocenters. The number of hydrogen-bond donors (Lipinski definition) is 3. The quantitative estimate of drug-likeness (QED) is 0.398. The molecule has 2 fully saturated rings. The molecule has 1 aromatic carbocycles. The van der Waals surface area contributed by atoms with E-state index in [9.17, 15) is 22.4 Å². The number of alkyl halides is 3. The van der Waals surface area contributed by atoms with Gasteiger partial charge in [0.1, 0.15) is 11.4 Å². The van der Waals surface area contributed by atoms with Crippen LogP contribution in [-0.4, -0.2) is 50.7 Å². The second kappa shape index (κ2) is 7.57. The summed E-state index contributed by atoms with van der Waals surface area (Å²) in [5.74, 6) is -0.296. The zero-order chi connectivity index (χ0) is 23.5. The number of likely N-dealkylation sites (tertiary alicyclic amines) is 1. The van der Waals surface area contributed by atoms with Gasteiger partial charge in [-0.2, -0.15) is 13.2 Å². The van der Waals surface area contributed by atoms with Gasteiger partial charge in [0.25, 0.3) is 0 Å². The van der Waals surface area contributed by atoms with E-state index in [1.54, 1.807) is 0 Å². The zero-order valence-corrected chi connectivity index (χ0v) is 18.6. The first kappa shape index (κ1) is 21.9. The number of amides is 1. The van der Waals surface area contributed by atoms with Crippen LogP contribution >= 0.6 is 15.9 Å². The lowest BCUT2D eigenvalue weighted by molar-refractivity contribution is -0.137. The van der Waals surface area contributed by atoms with Gasteiger partial charge in [-0.25, -0.2) is 19.2 Å². The van der Waals surface area contributed by atoms with Crippen molar-refractivity contribution in [3.8, 4) is 11.3 Å². The fourth-order valence-electron chi connectivity index (χ4n) is 4.71. The van der Waals surface area contributed by atoms with Crippen LogP contribution in [0.3, 0.4) is 0 Å². The van der Waals surface area contributed by atoms with E-state index in [1.165, 1.54) is 23.2 Å². The van der Waals surface area contributed by atoms with Crippen LogP contribution in [0, 0.1) is 17.2 Å². The largest absolute Gasteiger partial charge is 0.465 e. The predicted octanol–water partition coefficient (Wildman–Crippen LogP) is 5.35. The summed E-state index contributed by atoms with van der Waals surface area (Å²) in [7, 11) is 0. The lowest BCUT2D eigenvalue weighted by Crippen LogP contribution is -2.27. The molecule has 2 atom stereocenters. The van der Waals surface area contributed by atoms with Crippen molar-refractivity contribution < 1.29 is 27.5 Å². The van der Waals surface area contributed by atoms with E-state index in [0.717, 1.165) is 19.0 Å².